The van der Waals surface area contributed by atoms with Crippen LogP contribution in [0.25, 0.3) is 5.69 Å². The van der Waals surface area contributed by atoms with Gasteiger partial charge in [0.05, 0.1) is 5.69 Å². The van der Waals surface area contributed by atoms with Crippen molar-refractivity contribution in [3.8, 4) is 5.69 Å². The molecule has 0 N–H and O–H groups in total. The van der Waals surface area contributed by atoms with Crippen LogP contribution in [0, 0.1) is 19.7 Å². The molecule has 1 aromatic heterocycles. The van der Waals surface area contributed by atoms with Crippen LogP contribution in [-0.4, -0.2) is 14.8 Å². The molecule has 3 nitrogen and oxygen atoms in total. The normalized spacial score (nSPS) is 10.7. The highest BCUT2D eigenvalue weighted by molar-refractivity contribution is 6.28. The van der Waals surface area contributed by atoms with E-state index in [1.54, 1.807) is 30.5 Å². The molecule has 0 atom stereocenters. The van der Waals surface area contributed by atoms with Crippen molar-refractivity contribution in [2.24, 2.45) is 0 Å². The topological polar surface area (TPSA) is 30.7 Å². The van der Waals surface area contributed by atoms with Gasteiger partial charge in [-0.25, -0.2) is 4.39 Å². The number of nitrogens with zero attached hydrogens (tertiary/aromatic N) is 3. The molecule has 0 aliphatic heterocycles. The summed E-state index contributed by atoms with van der Waals surface area (Å²) in [6.45, 7) is 3.47. The molecule has 0 aliphatic carbocycles. The number of benzene rings is 1. The van der Waals surface area contributed by atoms with Gasteiger partial charge in [0, 0.05) is 0 Å². The smallest absolute Gasteiger partial charge is 0.229 e. The molecule has 78 valence electrons. The summed E-state index contributed by atoms with van der Waals surface area (Å²) in [7, 11) is 0. The van der Waals surface area contributed by atoms with E-state index in [9.17, 15) is 4.39 Å². The molecule has 2 aromatic rings. The molecule has 0 saturated carbocycles. The lowest BCUT2D eigenvalue weighted by molar-refractivity contribution is 0.617. The highest BCUT2D eigenvalue weighted by Crippen LogP contribution is 2.18. The van der Waals surface area contributed by atoms with Crippen LogP contribution in [0.15, 0.2) is 18.2 Å². The van der Waals surface area contributed by atoms with Crippen LogP contribution in [0.1, 0.15) is 11.4 Å². The average Bonchev–Trinajstić information content (AvgIpc) is 2.52. The minimum absolute atomic E-state index is 0.232. The van der Waals surface area contributed by atoms with Gasteiger partial charge in [-0.05, 0) is 43.1 Å². The minimum Gasteiger partial charge on any atom is -0.270 e. The van der Waals surface area contributed by atoms with Crippen LogP contribution in [0.2, 0.25) is 5.28 Å². The number of halogens is 2. The van der Waals surface area contributed by atoms with Crippen molar-refractivity contribution >= 4 is 11.6 Å². The predicted molar refractivity (Wildman–Crippen MR) is 55.8 cm³/mol. The van der Waals surface area contributed by atoms with Gasteiger partial charge < -0.3 is 0 Å². The van der Waals surface area contributed by atoms with Gasteiger partial charge in [0.15, 0.2) is 0 Å². The summed E-state index contributed by atoms with van der Waals surface area (Å²) in [6.07, 6.45) is 0. The zero-order chi connectivity index (χ0) is 11.0. The molecule has 5 heteroatoms. The van der Waals surface area contributed by atoms with Gasteiger partial charge in [-0.2, -0.15) is 0 Å². The molecule has 1 aromatic carbocycles. The second kappa shape index (κ2) is 3.62. The van der Waals surface area contributed by atoms with Crippen LogP contribution in [-0.2, 0) is 0 Å². The van der Waals surface area contributed by atoms with Crippen molar-refractivity contribution in [1.29, 1.82) is 0 Å². The molecule has 0 saturated heterocycles. The van der Waals surface area contributed by atoms with E-state index in [1.807, 2.05) is 0 Å². The number of hydrogen-bond donors (Lipinski definition) is 0. The Hall–Kier alpha value is -1.42. The van der Waals surface area contributed by atoms with E-state index in [2.05, 4.69) is 10.2 Å². The minimum atomic E-state index is -0.267. The van der Waals surface area contributed by atoms with Crippen LogP contribution in [0.5, 0.6) is 0 Å². The molecule has 0 bridgehead atoms. The monoisotopic (exact) mass is 225 g/mol. The summed E-state index contributed by atoms with van der Waals surface area (Å²) >= 11 is 5.84. The lowest BCUT2D eigenvalue weighted by Crippen LogP contribution is -1.98. The standard InChI is InChI=1S/C10H9ClFN3/c1-6-3-4-8(5-9(6)12)15-7(2)13-14-10(15)11/h3-5H,1-2H3. The maximum Gasteiger partial charge on any atom is 0.229 e. The van der Waals surface area contributed by atoms with E-state index >= 15 is 0 Å². The largest absolute Gasteiger partial charge is 0.270 e. The van der Waals surface area contributed by atoms with Gasteiger partial charge in [0.2, 0.25) is 5.28 Å². The van der Waals surface area contributed by atoms with Gasteiger partial charge >= 0.3 is 0 Å². The Morgan fingerprint density at radius 2 is 2.00 bits per heavy atom. The summed E-state index contributed by atoms with van der Waals surface area (Å²) in [4.78, 5) is 0. The Labute approximate surface area is 91.5 Å². The zero-order valence-electron chi connectivity index (χ0n) is 8.33. The second-order valence-electron chi connectivity index (χ2n) is 3.29. The maximum absolute atomic E-state index is 13.3. The fourth-order valence-electron chi connectivity index (χ4n) is 1.35. The van der Waals surface area contributed by atoms with Gasteiger partial charge in [-0.3, -0.25) is 4.57 Å². The molecule has 15 heavy (non-hydrogen) atoms. The SMILES string of the molecule is Cc1ccc(-n2c(C)nnc2Cl)cc1F. The fraction of sp³-hybridized carbons (Fsp3) is 0.200. The second-order valence-corrected chi connectivity index (χ2v) is 3.62. The number of aromatic nitrogens is 3. The lowest BCUT2D eigenvalue weighted by Gasteiger charge is -2.06. The molecule has 0 fully saturated rings. The zero-order valence-corrected chi connectivity index (χ0v) is 9.09. The van der Waals surface area contributed by atoms with Gasteiger partial charge in [0.1, 0.15) is 11.6 Å². The van der Waals surface area contributed by atoms with Crippen molar-refractivity contribution < 1.29 is 4.39 Å². The van der Waals surface area contributed by atoms with Crippen LogP contribution in [0.4, 0.5) is 4.39 Å². The third kappa shape index (κ3) is 1.72. The van der Waals surface area contributed by atoms with Crippen molar-refractivity contribution in [3.63, 3.8) is 0 Å². The Balaban J connectivity index is 2.59. The molecular formula is C10H9ClFN3. The average molecular weight is 226 g/mol. The highest BCUT2D eigenvalue weighted by Gasteiger charge is 2.09. The summed E-state index contributed by atoms with van der Waals surface area (Å²) in [6, 6.07) is 4.89. The lowest BCUT2D eigenvalue weighted by atomic mass is 10.2. The van der Waals surface area contributed by atoms with Gasteiger partial charge in [0.25, 0.3) is 0 Å². The van der Waals surface area contributed by atoms with E-state index in [0.29, 0.717) is 17.1 Å². The third-order valence-corrected chi connectivity index (χ3v) is 2.44. The Morgan fingerprint density at radius 1 is 1.27 bits per heavy atom. The van der Waals surface area contributed by atoms with E-state index < -0.39 is 0 Å². The van der Waals surface area contributed by atoms with E-state index in [4.69, 9.17) is 11.6 Å². The molecule has 1 heterocycles. The Kier molecular flexibility index (Phi) is 2.44. The molecular weight excluding hydrogens is 217 g/mol. The fourth-order valence-corrected chi connectivity index (χ4v) is 1.61. The summed E-state index contributed by atoms with van der Waals surface area (Å²) in [5.41, 5.74) is 1.23. The highest BCUT2D eigenvalue weighted by atomic mass is 35.5. The Bertz CT molecular complexity index is 488. The molecule has 0 amide bonds. The first-order valence-electron chi connectivity index (χ1n) is 4.43. The van der Waals surface area contributed by atoms with Crippen LogP contribution in [0.3, 0.4) is 0 Å². The van der Waals surface area contributed by atoms with Crippen molar-refractivity contribution in [3.05, 3.63) is 40.7 Å². The summed E-state index contributed by atoms with van der Waals surface area (Å²) in [5, 5.41) is 7.74. The first-order valence-corrected chi connectivity index (χ1v) is 4.81. The van der Waals surface area contributed by atoms with Gasteiger partial charge in [-0.1, -0.05) is 6.07 Å². The quantitative estimate of drug-likeness (QED) is 0.747. The number of aryl methyl sites for hydroxylation is 2. The van der Waals surface area contributed by atoms with Crippen molar-refractivity contribution in [2.45, 2.75) is 13.8 Å². The first-order chi connectivity index (χ1) is 7.09. The summed E-state index contributed by atoms with van der Waals surface area (Å²) in [5.74, 6) is 0.361. The van der Waals surface area contributed by atoms with Crippen molar-refractivity contribution in [1.82, 2.24) is 14.8 Å². The third-order valence-electron chi connectivity index (χ3n) is 2.20. The predicted octanol–water partition coefficient (Wildman–Crippen LogP) is 2.68. The van der Waals surface area contributed by atoms with Crippen LogP contribution < -0.4 is 0 Å². The molecule has 0 spiro atoms. The van der Waals surface area contributed by atoms with E-state index in [1.165, 1.54) is 6.07 Å². The molecule has 0 unspecified atom stereocenters. The molecule has 0 radical (unpaired) electrons. The first kappa shape index (κ1) is 10.1. The summed E-state index contributed by atoms with van der Waals surface area (Å²) < 4.78 is 14.9. The van der Waals surface area contributed by atoms with E-state index in [-0.39, 0.29) is 11.1 Å². The van der Waals surface area contributed by atoms with E-state index in [0.717, 1.165) is 0 Å². The molecule has 0 aliphatic rings. The molecule has 2 rings (SSSR count). The number of rotatable bonds is 1. The van der Waals surface area contributed by atoms with Crippen LogP contribution >= 0.6 is 11.6 Å². The maximum atomic E-state index is 13.3. The number of hydrogen-bond acceptors (Lipinski definition) is 2. The Morgan fingerprint density at radius 3 is 2.53 bits per heavy atom. The van der Waals surface area contributed by atoms with Gasteiger partial charge in [-0.15, -0.1) is 10.2 Å². The van der Waals surface area contributed by atoms with Crippen molar-refractivity contribution in [2.75, 3.05) is 0 Å².